The SMILES string of the molecule is CCCN(CC(=O)N1CCc2sccc2C1c1ccccc1C)C(=O)C=Cc1ccccc1. The van der Waals surface area contributed by atoms with Gasteiger partial charge in [-0.2, -0.15) is 0 Å². The molecule has 0 spiro atoms. The highest BCUT2D eigenvalue weighted by Crippen LogP contribution is 2.39. The molecule has 1 unspecified atom stereocenters. The molecule has 0 fully saturated rings. The summed E-state index contributed by atoms with van der Waals surface area (Å²) in [6.45, 7) is 5.43. The van der Waals surface area contributed by atoms with E-state index in [1.165, 1.54) is 16.0 Å². The van der Waals surface area contributed by atoms with Crippen molar-refractivity contribution in [1.29, 1.82) is 0 Å². The lowest BCUT2D eigenvalue weighted by atomic mass is 9.90. The summed E-state index contributed by atoms with van der Waals surface area (Å²) >= 11 is 1.76. The summed E-state index contributed by atoms with van der Waals surface area (Å²) in [6.07, 6.45) is 5.04. The molecule has 2 heterocycles. The number of rotatable bonds is 7. The Morgan fingerprint density at radius 1 is 1.06 bits per heavy atom. The zero-order valence-corrected chi connectivity index (χ0v) is 20.1. The first-order valence-corrected chi connectivity index (χ1v) is 12.4. The third-order valence-electron chi connectivity index (χ3n) is 6.12. The Morgan fingerprint density at radius 2 is 1.82 bits per heavy atom. The lowest BCUT2D eigenvalue weighted by Gasteiger charge is -2.38. The number of carbonyl (C=O) groups is 2. The molecule has 2 aromatic carbocycles. The van der Waals surface area contributed by atoms with Crippen molar-refractivity contribution >= 4 is 29.2 Å². The summed E-state index contributed by atoms with van der Waals surface area (Å²) in [5.41, 5.74) is 4.51. The van der Waals surface area contributed by atoms with Crippen molar-refractivity contribution in [2.45, 2.75) is 32.7 Å². The van der Waals surface area contributed by atoms with Gasteiger partial charge in [0.05, 0.1) is 6.04 Å². The van der Waals surface area contributed by atoms with Crippen LogP contribution in [0.15, 0.2) is 72.1 Å². The molecular weight excluding hydrogens is 428 g/mol. The molecule has 170 valence electrons. The lowest BCUT2D eigenvalue weighted by Crippen LogP contribution is -2.46. The van der Waals surface area contributed by atoms with Gasteiger partial charge in [0, 0.05) is 24.0 Å². The van der Waals surface area contributed by atoms with Crippen molar-refractivity contribution in [3.63, 3.8) is 0 Å². The molecule has 0 N–H and O–H groups in total. The Hall–Kier alpha value is -3.18. The van der Waals surface area contributed by atoms with Crippen LogP contribution in [0.2, 0.25) is 0 Å². The third kappa shape index (κ3) is 5.25. The molecule has 33 heavy (non-hydrogen) atoms. The number of fused-ring (bicyclic) bond motifs is 1. The van der Waals surface area contributed by atoms with Crippen molar-refractivity contribution in [2.75, 3.05) is 19.6 Å². The van der Waals surface area contributed by atoms with Crippen LogP contribution >= 0.6 is 11.3 Å². The summed E-state index contributed by atoms with van der Waals surface area (Å²) in [5, 5.41) is 2.12. The molecule has 0 saturated carbocycles. The van der Waals surface area contributed by atoms with E-state index in [1.54, 1.807) is 22.3 Å². The van der Waals surface area contributed by atoms with E-state index in [4.69, 9.17) is 0 Å². The van der Waals surface area contributed by atoms with Crippen LogP contribution in [0.25, 0.3) is 6.08 Å². The molecule has 0 saturated heterocycles. The van der Waals surface area contributed by atoms with E-state index in [0.717, 1.165) is 24.0 Å². The van der Waals surface area contributed by atoms with Gasteiger partial charge in [0.1, 0.15) is 6.54 Å². The third-order valence-corrected chi connectivity index (χ3v) is 7.12. The topological polar surface area (TPSA) is 40.6 Å². The van der Waals surface area contributed by atoms with Gasteiger partial charge in [0.15, 0.2) is 0 Å². The van der Waals surface area contributed by atoms with E-state index in [0.29, 0.717) is 13.1 Å². The van der Waals surface area contributed by atoms with Crippen LogP contribution in [-0.4, -0.2) is 41.2 Å². The molecule has 1 aromatic heterocycles. The van der Waals surface area contributed by atoms with Crippen molar-refractivity contribution in [2.24, 2.45) is 0 Å². The van der Waals surface area contributed by atoms with Crippen LogP contribution in [0.5, 0.6) is 0 Å². The molecule has 3 aromatic rings. The number of hydrogen-bond acceptors (Lipinski definition) is 3. The Kier molecular flexibility index (Phi) is 7.40. The van der Waals surface area contributed by atoms with E-state index in [1.807, 2.05) is 60.4 Å². The summed E-state index contributed by atoms with van der Waals surface area (Å²) in [5.74, 6) is -0.134. The molecular formula is C28H30N2O2S. The van der Waals surface area contributed by atoms with E-state index in [2.05, 4.69) is 30.5 Å². The summed E-state index contributed by atoms with van der Waals surface area (Å²) in [7, 11) is 0. The Bertz CT molecular complexity index is 1140. The van der Waals surface area contributed by atoms with Gasteiger partial charge >= 0.3 is 0 Å². The maximum absolute atomic E-state index is 13.6. The van der Waals surface area contributed by atoms with Gasteiger partial charge in [-0.25, -0.2) is 0 Å². The average Bonchev–Trinajstić information content (AvgIpc) is 3.32. The minimum atomic E-state index is -0.130. The second-order valence-corrected chi connectivity index (χ2v) is 9.40. The van der Waals surface area contributed by atoms with E-state index >= 15 is 0 Å². The van der Waals surface area contributed by atoms with Gasteiger partial charge in [0.25, 0.3) is 0 Å². The van der Waals surface area contributed by atoms with Gasteiger partial charge in [-0.15, -0.1) is 11.3 Å². The maximum atomic E-state index is 13.6. The quantitative estimate of drug-likeness (QED) is 0.440. The molecule has 5 heteroatoms. The smallest absolute Gasteiger partial charge is 0.247 e. The summed E-state index contributed by atoms with van der Waals surface area (Å²) in [6, 6.07) is 20.1. The van der Waals surface area contributed by atoms with Crippen LogP contribution in [0.1, 0.15) is 46.5 Å². The standard InChI is InChI=1S/C28H30N2O2S/c1-3-17-29(26(31)14-13-22-10-5-4-6-11-22)20-27(32)30-18-15-25-24(16-19-33-25)28(30)23-12-8-7-9-21(23)2/h4-14,16,19,28H,3,15,17-18,20H2,1-2H3. The van der Waals surface area contributed by atoms with Crippen molar-refractivity contribution < 1.29 is 9.59 Å². The monoisotopic (exact) mass is 458 g/mol. The van der Waals surface area contributed by atoms with Crippen molar-refractivity contribution in [3.8, 4) is 0 Å². The molecule has 0 bridgehead atoms. The van der Waals surface area contributed by atoms with Gasteiger partial charge in [-0.1, -0.05) is 61.5 Å². The fraction of sp³-hybridized carbons (Fsp3) is 0.286. The number of benzene rings is 2. The van der Waals surface area contributed by atoms with Crippen LogP contribution in [0.3, 0.4) is 0 Å². The van der Waals surface area contributed by atoms with Crippen LogP contribution in [0.4, 0.5) is 0 Å². The van der Waals surface area contributed by atoms with Crippen LogP contribution in [-0.2, 0) is 16.0 Å². The molecule has 1 aliphatic rings. The highest BCUT2D eigenvalue weighted by molar-refractivity contribution is 7.10. The zero-order chi connectivity index (χ0) is 23.2. The van der Waals surface area contributed by atoms with Crippen LogP contribution in [0, 0.1) is 6.92 Å². The number of aryl methyl sites for hydroxylation is 1. The number of nitrogens with zero attached hydrogens (tertiary/aromatic N) is 2. The largest absolute Gasteiger partial charge is 0.330 e. The Balaban J connectivity index is 1.56. The number of thiophene rings is 1. The molecule has 0 aliphatic carbocycles. The first-order chi connectivity index (χ1) is 16.1. The van der Waals surface area contributed by atoms with Crippen LogP contribution < -0.4 is 0 Å². The summed E-state index contributed by atoms with van der Waals surface area (Å²) in [4.78, 5) is 31.5. The summed E-state index contributed by atoms with van der Waals surface area (Å²) < 4.78 is 0. The van der Waals surface area contributed by atoms with Gasteiger partial charge in [-0.05, 0) is 59.5 Å². The first-order valence-electron chi connectivity index (χ1n) is 11.5. The second-order valence-electron chi connectivity index (χ2n) is 8.40. The minimum absolute atomic E-state index is 0.00462. The lowest BCUT2D eigenvalue weighted by molar-refractivity contribution is -0.139. The molecule has 1 atom stereocenters. The molecule has 1 aliphatic heterocycles. The average molecular weight is 459 g/mol. The van der Waals surface area contributed by atoms with E-state index in [-0.39, 0.29) is 24.4 Å². The molecule has 0 radical (unpaired) electrons. The zero-order valence-electron chi connectivity index (χ0n) is 19.2. The molecule has 2 amide bonds. The van der Waals surface area contributed by atoms with E-state index in [9.17, 15) is 9.59 Å². The predicted octanol–water partition coefficient (Wildman–Crippen LogP) is 5.48. The van der Waals surface area contributed by atoms with Gasteiger partial charge in [0.2, 0.25) is 11.8 Å². The molecule has 4 rings (SSSR count). The van der Waals surface area contributed by atoms with Crippen molar-refractivity contribution in [3.05, 3.63) is 99.3 Å². The van der Waals surface area contributed by atoms with Gasteiger partial charge < -0.3 is 9.80 Å². The highest BCUT2D eigenvalue weighted by Gasteiger charge is 2.34. The fourth-order valence-electron chi connectivity index (χ4n) is 4.44. The predicted molar refractivity (Wildman–Crippen MR) is 135 cm³/mol. The number of hydrogen-bond donors (Lipinski definition) is 0. The van der Waals surface area contributed by atoms with Gasteiger partial charge in [-0.3, -0.25) is 9.59 Å². The highest BCUT2D eigenvalue weighted by atomic mass is 32.1. The fourth-order valence-corrected chi connectivity index (χ4v) is 5.35. The second kappa shape index (κ2) is 10.6. The normalized spacial score (nSPS) is 15.5. The Labute approximate surface area is 200 Å². The Morgan fingerprint density at radius 3 is 2.58 bits per heavy atom. The van der Waals surface area contributed by atoms with Crippen molar-refractivity contribution in [1.82, 2.24) is 9.80 Å². The molecule has 4 nitrogen and oxygen atoms in total. The maximum Gasteiger partial charge on any atom is 0.247 e. The number of amides is 2. The number of carbonyl (C=O) groups excluding carboxylic acids is 2. The minimum Gasteiger partial charge on any atom is -0.330 e. The van der Waals surface area contributed by atoms with E-state index < -0.39 is 0 Å². The first kappa shape index (κ1) is 23.0.